The van der Waals surface area contributed by atoms with Crippen molar-refractivity contribution in [1.29, 1.82) is 0 Å². The summed E-state index contributed by atoms with van der Waals surface area (Å²) in [6.07, 6.45) is 6.77. The lowest BCUT2D eigenvalue weighted by molar-refractivity contribution is -0.137. The number of fused-ring (bicyclic) bond motifs is 1. The predicted octanol–water partition coefficient (Wildman–Crippen LogP) is 2.57. The molecule has 0 aliphatic heterocycles. The van der Waals surface area contributed by atoms with Crippen LogP contribution in [0.5, 0.6) is 5.75 Å². The molecule has 0 radical (unpaired) electrons. The van der Waals surface area contributed by atoms with Crippen LogP contribution in [0.4, 0.5) is 0 Å². The van der Waals surface area contributed by atoms with Gasteiger partial charge in [0.25, 0.3) is 0 Å². The van der Waals surface area contributed by atoms with Crippen LogP contribution in [0.2, 0.25) is 0 Å². The summed E-state index contributed by atoms with van der Waals surface area (Å²) in [5.74, 6) is -0.523. The van der Waals surface area contributed by atoms with Crippen LogP contribution in [0.25, 0.3) is 11.0 Å². The van der Waals surface area contributed by atoms with Gasteiger partial charge in [-0.05, 0) is 23.3 Å². The van der Waals surface area contributed by atoms with Crippen molar-refractivity contribution in [3.05, 3.63) is 54.1 Å². The smallest absolute Gasteiger partial charge is 0.304 e. The molecular weight excluding hydrogens is 282 g/mol. The number of nitrogens with zero attached hydrogens (tertiary/aromatic N) is 2. The molecule has 22 heavy (non-hydrogen) atoms. The molecule has 3 heterocycles. The first-order valence-corrected chi connectivity index (χ1v) is 6.82. The number of aromatic amines is 1. The molecule has 3 rings (SSSR count). The van der Waals surface area contributed by atoms with Crippen molar-refractivity contribution in [2.45, 2.75) is 12.3 Å². The SMILES string of the molecule is COc1ccnc2[nH]cc(C(CC(=O)O)c3cccnc3)c12. The maximum absolute atomic E-state index is 11.3. The highest BCUT2D eigenvalue weighted by Gasteiger charge is 2.23. The number of hydrogen-bond donors (Lipinski definition) is 2. The first-order chi connectivity index (χ1) is 10.7. The molecule has 0 fully saturated rings. The van der Waals surface area contributed by atoms with Crippen LogP contribution in [0.1, 0.15) is 23.5 Å². The second-order valence-corrected chi connectivity index (χ2v) is 4.92. The molecule has 3 aromatic heterocycles. The Morgan fingerprint density at radius 3 is 2.95 bits per heavy atom. The molecule has 0 aromatic carbocycles. The van der Waals surface area contributed by atoms with Gasteiger partial charge in [0, 0.05) is 30.7 Å². The normalized spacial score (nSPS) is 12.2. The Balaban J connectivity index is 2.18. The van der Waals surface area contributed by atoms with Gasteiger partial charge in [0.2, 0.25) is 0 Å². The van der Waals surface area contributed by atoms with Gasteiger partial charge in [-0.2, -0.15) is 0 Å². The Morgan fingerprint density at radius 1 is 1.41 bits per heavy atom. The summed E-state index contributed by atoms with van der Waals surface area (Å²) < 4.78 is 5.39. The van der Waals surface area contributed by atoms with E-state index >= 15 is 0 Å². The number of aliphatic carboxylic acids is 1. The van der Waals surface area contributed by atoms with Gasteiger partial charge in [0.1, 0.15) is 11.4 Å². The molecule has 6 heteroatoms. The van der Waals surface area contributed by atoms with Gasteiger partial charge >= 0.3 is 5.97 Å². The van der Waals surface area contributed by atoms with Crippen molar-refractivity contribution in [2.24, 2.45) is 0 Å². The monoisotopic (exact) mass is 297 g/mol. The van der Waals surface area contributed by atoms with Crippen LogP contribution in [0.15, 0.2) is 43.0 Å². The van der Waals surface area contributed by atoms with Crippen LogP contribution in [0, 0.1) is 0 Å². The van der Waals surface area contributed by atoms with Crippen LogP contribution < -0.4 is 4.74 Å². The highest BCUT2D eigenvalue weighted by molar-refractivity contribution is 5.88. The number of pyridine rings is 2. The Labute approximate surface area is 126 Å². The fourth-order valence-electron chi connectivity index (χ4n) is 2.66. The topological polar surface area (TPSA) is 88.1 Å². The number of carboxylic acids is 1. The van der Waals surface area contributed by atoms with Gasteiger partial charge in [-0.1, -0.05) is 6.07 Å². The maximum Gasteiger partial charge on any atom is 0.304 e. The summed E-state index contributed by atoms with van der Waals surface area (Å²) in [6.45, 7) is 0. The second-order valence-electron chi connectivity index (χ2n) is 4.92. The van der Waals surface area contributed by atoms with E-state index in [9.17, 15) is 9.90 Å². The van der Waals surface area contributed by atoms with E-state index in [-0.39, 0.29) is 12.3 Å². The number of methoxy groups -OCH3 is 1. The molecule has 2 N–H and O–H groups in total. The summed E-state index contributed by atoms with van der Waals surface area (Å²) in [5.41, 5.74) is 2.36. The van der Waals surface area contributed by atoms with Gasteiger partial charge in [-0.3, -0.25) is 9.78 Å². The lowest BCUT2D eigenvalue weighted by atomic mass is 9.89. The van der Waals surface area contributed by atoms with Crippen molar-refractivity contribution < 1.29 is 14.6 Å². The number of H-pyrrole nitrogens is 1. The van der Waals surface area contributed by atoms with Gasteiger partial charge < -0.3 is 14.8 Å². The third-order valence-electron chi connectivity index (χ3n) is 3.63. The number of hydrogen-bond acceptors (Lipinski definition) is 4. The van der Waals surface area contributed by atoms with E-state index in [1.807, 2.05) is 6.07 Å². The molecule has 1 atom stereocenters. The molecular formula is C16H15N3O3. The highest BCUT2D eigenvalue weighted by atomic mass is 16.5. The molecule has 0 amide bonds. The van der Waals surface area contributed by atoms with Crippen molar-refractivity contribution in [3.8, 4) is 5.75 Å². The zero-order valence-corrected chi connectivity index (χ0v) is 12.0. The second kappa shape index (κ2) is 5.85. The van der Waals surface area contributed by atoms with E-state index in [1.165, 1.54) is 0 Å². The molecule has 1 unspecified atom stereocenters. The molecule has 0 bridgehead atoms. The third kappa shape index (κ3) is 2.50. The molecule has 112 valence electrons. The van der Waals surface area contributed by atoms with Gasteiger partial charge in [0.05, 0.1) is 18.9 Å². The Kier molecular flexibility index (Phi) is 3.74. The molecule has 0 aliphatic rings. The minimum absolute atomic E-state index is 0.0311. The Bertz CT molecular complexity index is 799. The van der Waals surface area contributed by atoms with Crippen molar-refractivity contribution >= 4 is 17.0 Å². The maximum atomic E-state index is 11.3. The van der Waals surface area contributed by atoms with Gasteiger partial charge in [-0.15, -0.1) is 0 Å². The largest absolute Gasteiger partial charge is 0.496 e. The van der Waals surface area contributed by atoms with E-state index in [0.29, 0.717) is 11.4 Å². The van der Waals surface area contributed by atoms with E-state index in [4.69, 9.17) is 4.74 Å². The molecule has 6 nitrogen and oxygen atoms in total. The van der Waals surface area contributed by atoms with E-state index in [0.717, 1.165) is 16.5 Å². The number of carbonyl (C=O) groups is 1. The summed E-state index contributed by atoms with van der Waals surface area (Å²) in [4.78, 5) is 22.7. The number of rotatable bonds is 5. The summed E-state index contributed by atoms with van der Waals surface area (Å²) in [7, 11) is 1.59. The van der Waals surface area contributed by atoms with E-state index in [2.05, 4.69) is 15.0 Å². The Morgan fingerprint density at radius 2 is 2.27 bits per heavy atom. The van der Waals surface area contributed by atoms with Crippen molar-refractivity contribution in [1.82, 2.24) is 15.0 Å². The number of aromatic nitrogens is 3. The standard InChI is InChI=1S/C16H15N3O3/c1-22-13-4-6-18-16-15(13)12(9-19-16)11(7-14(20)21)10-3-2-5-17-8-10/h2-6,8-9,11H,7H2,1H3,(H,18,19)(H,20,21). The molecule has 0 aliphatic carbocycles. The zero-order valence-electron chi connectivity index (χ0n) is 12.0. The summed E-state index contributed by atoms with van der Waals surface area (Å²) in [5, 5.41) is 10.1. The molecule has 0 spiro atoms. The van der Waals surface area contributed by atoms with Crippen LogP contribution in [0.3, 0.4) is 0 Å². The van der Waals surface area contributed by atoms with Crippen LogP contribution >= 0.6 is 0 Å². The van der Waals surface area contributed by atoms with Gasteiger partial charge in [0.15, 0.2) is 0 Å². The third-order valence-corrected chi connectivity index (χ3v) is 3.63. The fourth-order valence-corrected chi connectivity index (χ4v) is 2.66. The number of carboxylic acid groups (broad SMARTS) is 1. The summed E-state index contributed by atoms with van der Waals surface area (Å²) >= 11 is 0. The average Bonchev–Trinajstić information content (AvgIpc) is 2.97. The number of nitrogens with one attached hydrogen (secondary N) is 1. The fraction of sp³-hybridized carbons (Fsp3) is 0.188. The highest BCUT2D eigenvalue weighted by Crippen LogP contribution is 2.36. The van der Waals surface area contributed by atoms with Crippen molar-refractivity contribution in [2.75, 3.05) is 7.11 Å². The van der Waals surface area contributed by atoms with Crippen molar-refractivity contribution in [3.63, 3.8) is 0 Å². The average molecular weight is 297 g/mol. The molecule has 0 saturated carbocycles. The zero-order chi connectivity index (χ0) is 15.5. The Hall–Kier alpha value is -2.89. The minimum Gasteiger partial charge on any atom is -0.496 e. The quantitative estimate of drug-likeness (QED) is 0.755. The minimum atomic E-state index is -0.869. The molecule has 0 saturated heterocycles. The van der Waals surface area contributed by atoms with E-state index in [1.54, 1.807) is 44.0 Å². The lowest BCUT2D eigenvalue weighted by Crippen LogP contribution is -2.08. The van der Waals surface area contributed by atoms with Gasteiger partial charge in [-0.25, -0.2) is 4.98 Å². The molecule has 3 aromatic rings. The lowest BCUT2D eigenvalue weighted by Gasteiger charge is -2.15. The van der Waals surface area contributed by atoms with Crippen LogP contribution in [-0.4, -0.2) is 33.1 Å². The van der Waals surface area contributed by atoms with E-state index < -0.39 is 5.97 Å². The number of ether oxygens (including phenoxy) is 1. The first-order valence-electron chi connectivity index (χ1n) is 6.82. The summed E-state index contributed by atoms with van der Waals surface area (Å²) in [6, 6.07) is 5.44. The first kappa shape index (κ1) is 14.1. The van der Waals surface area contributed by atoms with Crippen LogP contribution in [-0.2, 0) is 4.79 Å². The predicted molar refractivity (Wildman–Crippen MR) is 81.0 cm³/mol.